The summed E-state index contributed by atoms with van der Waals surface area (Å²) in [5.41, 5.74) is 0.733. The van der Waals surface area contributed by atoms with Crippen LogP contribution in [0.5, 0.6) is 0 Å². The molecule has 0 bridgehead atoms. The Morgan fingerprint density at radius 2 is 1.86 bits per heavy atom. The Bertz CT molecular complexity index is 671. The molecule has 112 valence electrons. The lowest BCUT2D eigenvalue weighted by Crippen LogP contribution is -2.35. The Hall–Kier alpha value is -1.62. The van der Waals surface area contributed by atoms with Gasteiger partial charge in [0.05, 0.1) is 6.04 Å². The summed E-state index contributed by atoms with van der Waals surface area (Å²) in [5.74, 6) is 0.378. The molecular weight excluding hydrogens is 330 g/mol. The van der Waals surface area contributed by atoms with Gasteiger partial charge in [-0.3, -0.25) is 4.79 Å². The minimum Gasteiger partial charge on any atom is -0.359 e. The first kappa shape index (κ1) is 15.8. The first-order valence-electron chi connectivity index (χ1n) is 6.89. The van der Waals surface area contributed by atoms with Gasteiger partial charge in [0, 0.05) is 22.4 Å². The molecule has 0 aliphatic rings. The molecule has 1 unspecified atom stereocenters. The van der Waals surface area contributed by atoms with Crippen molar-refractivity contribution in [1.82, 2.24) is 9.55 Å². The van der Waals surface area contributed by atoms with Gasteiger partial charge in [-0.1, -0.05) is 28.1 Å². The van der Waals surface area contributed by atoms with Crippen LogP contribution in [0.1, 0.15) is 39.3 Å². The van der Waals surface area contributed by atoms with Crippen molar-refractivity contribution in [1.29, 1.82) is 0 Å². The fourth-order valence-corrected chi connectivity index (χ4v) is 2.34. The van der Waals surface area contributed by atoms with E-state index in [9.17, 15) is 4.79 Å². The molecule has 2 aromatic rings. The maximum absolute atomic E-state index is 12.5. The number of hydrogen-bond acceptors (Lipinski definition) is 3. The van der Waals surface area contributed by atoms with E-state index in [0.29, 0.717) is 5.82 Å². The van der Waals surface area contributed by atoms with E-state index in [-0.39, 0.29) is 17.1 Å². The predicted octanol–water partition coefficient (Wildman–Crippen LogP) is 3.93. The monoisotopic (exact) mass is 349 g/mol. The van der Waals surface area contributed by atoms with Gasteiger partial charge >= 0.3 is 0 Å². The lowest BCUT2D eigenvalue weighted by molar-refractivity contribution is 0.383. The molecule has 0 radical (unpaired) electrons. The van der Waals surface area contributed by atoms with Crippen molar-refractivity contribution < 1.29 is 0 Å². The van der Waals surface area contributed by atoms with E-state index in [1.165, 1.54) is 0 Å². The third-order valence-electron chi connectivity index (χ3n) is 3.29. The molecule has 1 atom stereocenters. The zero-order valence-corrected chi connectivity index (χ0v) is 14.3. The summed E-state index contributed by atoms with van der Waals surface area (Å²) in [6.07, 6.45) is 3.38. The molecule has 4 nitrogen and oxygen atoms in total. The van der Waals surface area contributed by atoms with E-state index in [2.05, 4.69) is 26.2 Å². The number of nitrogens with zero attached hydrogens (tertiary/aromatic N) is 2. The third-order valence-corrected chi connectivity index (χ3v) is 3.82. The van der Waals surface area contributed by atoms with Gasteiger partial charge < -0.3 is 9.88 Å². The van der Waals surface area contributed by atoms with Crippen LogP contribution in [-0.2, 0) is 5.54 Å². The van der Waals surface area contributed by atoms with Crippen molar-refractivity contribution in [2.45, 2.75) is 39.3 Å². The topological polar surface area (TPSA) is 46.9 Å². The second kappa shape index (κ2) is 6.02. The van der Waals surface area contributed by atoms with E-state index in [4.69, 9.17) is 0 Å². The molecule has 0 amide bonds. The lowest BCUT2D eigenvalue weighted by atomic mass is 10.1. The molecule has 0 fully saturated rings. The highest BCUT2D eigenvalue weighted by atomic mass is 79.9. The molecule has 0 saturated carbocycles. The van der Waals surface area contributed by atoms with Crippen LogP contribution in [0.25, 0.3) is 0 Å². The number of nitrogens with one attached hydrogen (secondary N) is 1. The number of rotatable bonds is 3. The van der Waals surface area contributed by atoms with E-state index >= 15 is 0 Å². The first-order valence-corrected chi connectivity index (χ1v) is 7.68. The highest BCUT2D eigenvalue weighted by Crippen LogP contribution is 2.19. The smallest absolute Gasteiger partial charge is 0.293 e. The van der Waals surface area contributed by atoms with Crippen LogP contribution in [0, 0.1) is 0 Å². The molecule has 0 saturated heterocycles. The number of hydrogen-bond donors (Lipinski definition) is 1. The number of halogens is 1. The average Bonchev–Trinajstić information content (AvgIpc) is 2.40. The molecule has 0 spiro atoms. The van der Waals surface area contributed by atoms with E-state index in [1.54, 1.807) is 17.0 Å². The molecule has 1 aromatic heterocycles. The molecule has 1 heterocycles. The Labute approximate surface area is 133 Å². The second-order valence-electron chi connectivity index (χ2n) is 6.04. The summed E-state index contributed by atoms with van der Waals surface area (Å²) in [7, 11) is 0. The minimum absolute atomic E-state index is 0.00844. The van der Waals surface area contributed by atoms with Crippen LogP contribution < -0.4 is 10.9 Å². The zero-order chi connectivity index (χ0) is 15.6. The van der Waals surface area contributed by atoms with Crippen LogP contribution >= 0.6 is 15.9 Å². The van der Waals surface area contributed by atoms with Crippen LogP contribution in [0.2, 0.25) is 0 Å². The van der Waals surface area contributed by atoms with Gasteiger partial charge in [0.2, 0.25) is 0 Å². The number of anilines is 1. The second-order valence-corrected chi connectivity index (χ2v) is 6.96. The third kappa shape index (κ3) is 3.73. The Kier molecular flexibility index (Phi) is 4.52. The van der Waals surface area contributed by atoms with Gasteiger partial charge in [-0.05, 0) is 45.4 Å². The molecule has 1 N–H and O–H groups in total. The van der Waals surface area contributed by atoms with Crippen molar-refractivity contribution in [2.75, 3.05) is 5.32 Å². The summed E-state index contributed by atoms with van der Waals surface area (Å²) < 4.78 is 2.72. The highest BCUT2D eigenvalue weighted by molar-refractivity contribution is 9.10. The minimum atomic E-state index is -0.267. The molecule has 5 heteroatoms. The largest absolute Gasteiger partial charge is 0.359 e. The van der Waals surface area contributed by atoms with Crippen molar-refractivity contribution >= 4 is 21.7 Å². The Morgan fingerprint density at radius 3 is 2.43 bits per heavy atom. The standard InChI is InChI=1S/C16H20BrN3O/c1-11(12-5-7-13(17)8-6-12)19-14-15(21)20(10-9-18-14)16(2,3)4/h5-11H,1-4H3,(H,18,19). The van der Waals surface area contributed by atoms with Gasteiger partial charge in [-0.2, -0.15) is 0 Å². The summed E-state index contributed by atoms with van der Waals surface area (Å²) in [5, 5.41) is 3.20. The van der Waals surface area contributed by atoms with Crippen molar-refractivity contribution in [2.24, 2.45) is 0 Å². The van der Waals surface area contributed by atoms with Gasteiger partial charge in [-0.25, -0.2) is 4.98 Å². The summed E-state index contributed by atoms with van der Waals surface area (Å²) >= 11 is 3.42. The van der Waals surface area contributed by atoms with Crippen molar-refractivity contribution in [3.05, 3.63) is 57.0 Å². The molecule has 21 heavy (non-hydrogen) atoms. The maximum atomic E-state index is 12.5. The van der Waals surface area contributed by atoms with Gasteiger partial charge in [0.15, 0.2) is 5.82 Å². The van der Waals surface area contributed by atoms with Crippen molar-refractivity contribution in [3.8, 4) is 0 Å². The fourth-order valence-electron chi connectivity index (χ4n) is 2.08. The number of benzene rings is 1. The summed E-state index contributed by atoms with van der Waals surface area (Å²) in [6, 6.07) is 8.02. The summed E-state index contributed by atoms with van der Waals surface area (Å²) in [4.78, 5) is 16.6. The Morgan fingerprint density at radius 1 is 1.24 bits per heavy atom. The van der Waals surface area contributed by atoms with Crippen LogP contribution in [0.15, 0.2) is 45.9 Å². The summed E-state index contributed by atoms with van der Waals surface area (Å²) in [6.45, 7) is 8.00. The molecule has 1 aromatic carbocycles. The van der Waals surface area contributed by atoms with Crippen LogP contribution in [0.4, 0.5) is 5.82 Å². The van der Waals surface area contributed by atoms with Gasteiger partial charge in [-0.15, -0.1) is 0 Å². The van der Waals surface area contributed by atoms with Gasteiger partial charge in [0.25, 0.3) is 5.56 Å². The molecule has 0 aliphatic carbocycles. The highest BCUT2D eigenvalue weighted by Gasteiger charge is 2.17. The van der Waals surface area contributed by atoms with E-state index < -0.39 is 0 Å². The zero-order valence-electron chi connectivity index (χ0n) is 12.7. The fraction of sp³-hybridized carbons (Fsp3) is 0.375. The van der Waals surface area contributed by atoms with Crippen LogP contribution in [-0.4, -0.2) is 9.55 Å². The molecule has 0 aliphatic heterocycles. The quantitative estimate of drug-likeness (QED) is 0.912. The van der Waals surface area contributed by atoms with E-state index in [1.807, 2.05) is 52.0 Å². The normalized spacial score (nSPS) is 13.0. The predicted molar refractivity (Wildman–Crippen MR) is 89.7 cm³/mol. The van der Waals surface area contributed by atoms with Gasteiger partial charge in [0.1, 0.15) is 0 Å². The average molecular weight is 350 g/mol. The van der Waals surface area contributed by atoms with E-state index in [0.717, 1.165) is 10.0 Å². The van der Waals surface area contributed by atoms with Crippen molar-refractivity contribution in [3.63, 3.8) is 0 Å². The molecular formula is C16H20BrN3O. The SMILES string of the molecule is CC(Nc1nccn(C(C)(C)C)c1=O)c1ccc(Br)cc1. The number of aromatic nitrogens is 2. The maximum Gasteiger partial charge on any atom is 0.293 e. The first-order chi connectivity index (χ1) is 9.79. The Balaban J connectivity index is 2.28. The van der Waals surface area contributed by atoms with Crippen LogP contribution in [0.3, 0.4) is 0 Å². The lowest BCUT2D eigenvalue weighted by Gasteiger charge is -2.23. The molecule has 2 rings (SSSR count).